The fraction of sp³-hybridized carbons (Fsp3) is 0.222. The summed E-state index contributed by atoms with van der Waals surface area (Å²) in [6, 6.07) is 11.3. The Morgan fingerprint density at radius 1 is 1.25 bits per heavy atom. The molecule has 0 unspecified atom stereocenters. The molecule has 0 saturated carbocycles. The Morgan fingerprint density at radius 2 is 1.96 bits per heavy atom. The lowest BCUT2D eigenvalue weighted by atomic mass is 10.2. The lowest BCUT2D eigenvalue weighted by Crippen LogP contribution is -2.39. The number of thioether (sulfide) groups is 1. The van der Waals surface area contributed by atoms with Crippen molar-refractivity contribution < 1.29 is 22.7 Å². The van der Waals surface area contributed by atoms with Gasteiger partial charge in [-0.05, 0) is 35.9 Å². The molecule has 0 atom stereocenters. The summed E-state index contributed by atoms with van der Waals surface area (Å²) in [4.78, 5) is 25.8. The third-order valence-electron chi connectivity index (χ3n) is 4.08. The molecule has 0 radical (unpaired) electrons. The number of sulfonamides is 1. The van der Waals surface area contributed by atoms with Crippen LogP contribution in [0.2, 0.25) is 5.02 Å². The van der Waals surface area contributed by atoms with Crippen molar-refractivity contribution in [1.29, 1.82) is 0 Å². The molecule has 148 valence electrons. The highest BCUT2D eigenvalue weighted by Crippen LogP contribution is 2.36. The van der Waals surface area contributed by atoms with Gasteiger partial charge in [-0.15, -0.1) is 11.8 Å². The number of ether oxygens (including phenoxy) is 1. The zero-order valence-corrected chi connectivity index (χ0v) is 17.2. The Bertz CT molecular complexity index is 1010. The predicted octanol–water partition coefficient (Wildman–Crippen LogP) is 2.43. The van der Waals surface area contributed by atoms with E-state index in [1.54, 1.807) is 30.3 Å². The SMILES string of the molecule is COC(=O)CN1C(=O)CSc2ccc(S(=O)(=O)NCc3ccc(Cl)cc3)cc21. The number of nitrogens with zero attached hydrogens (tertiary/aromatic N) is 1. The fourth-order valence-corrected chi connectivity index (χ4v) is 4.66. The minimum absolute atomic E-state index is 0.00498. The van der Waals surface area contributed by atoms with E-state index in [2.05, 4.69) is 9.46 Å². The van der Waals surface area contributed by atoms with Crippen LogP contribution in [0.1, 0.15) is 5.56 Å². The first-order valence-corrected chi connectivity index (χ1v) is 11.0. The van der Waals surface area contributed by atoms with Crippen LogP contribution in [0.5, 0.6) is 0 Å². The number of carbonyl (C=O) groups is 2. The van der Waals surface area contributed by atoms with Gasteiger partial charge in [-0.2, -0.15) is 0 Å². The molecular weight excluding hydrogens is 424 g/mol. The van der Waals surface area contributed by atoms with Gasteiger partial charge in [0.25, 0.3) is 0 Å². The summed E-state index contributed by atoms with van der Waals surface area (Å²) in [5.41, 5.74) is 1.13. The van der Waals surface area contributed by atoms with Crippen LogP contribution in [0.3, 0.4) is 0 Å². The van der Waals surface area contributed by atoms with E-state index in [1.165, 1.54) is 35.9 Å². The van der Waals surface area contributed by atoms with Gasteiger partial charge < -0.3 is 4.74 Å². The van der Waals surface area contributed by atoms with E-state index in [0.717, 1.165) is 10.5 Å². The number of halogens is 1. The van der Waals surface area contributed by atoms with Crippen molar-refractivity contribution >= 4 is 50.9 Å². The molecule has 0 aliphatic carbocycles. The maximum absolute atomic E-state index is 12.7. The van der Waals surface area contributed by atoms with E-state index in [4.69, 9.17) is 11.6 Å². The highest BCUT2D eigenvalue weighted by Gasteiger charge is 2.28. The molecule has 1 amide bonds. The molecule has 0 fully saturated rings. The van der Waals surface area contributed by atoms with Crippen LogP contribution in [0.15, 0.2) is 52.3 Å². The quantitative estimate of drug-likeness (QED) is 0.693. The minimum Gasteiger partial charge on any atom is -0.468 e. The Labute approximate surface area is 172 Å². The number of hydrogen-bond acceptors (Lipinski definition) is 6. The van der Waals surface area contributed by atoms with Crippen molar-refractivity contribution in [2.75, 3.05) is 24.3 Å². The summed E-state index contributed by atoms with van der Waals surface area (Å²) in [6.07, 6.45) is 0. The number of fused-ring (bicyclic) bond motifs is 1. The molecule has 7 nitrogen and oxygen atoms in total. The molecule has 2 aromatic rings. The zero-order valence-electron chi connectivity index (χ0n) is 14.8. The third-order valence-corrected chi connectivity index (χ3v) is 6.78. The number of nitrogens with one attached hydrogen (secondary N) is 1. The average molecular weight is 441 g/mol. The lowest BCUT2D eigenvalue weighted by molar-refractivity contribution is -0.139. The Balaban J connectivity index is 1.85. The molecule has 0 spiro atoms. The molecule has 0 bridgehead atoms. The van der Waals surface area contributed by atoms with Gasteiger partial charge in [0.05, 0.1) is 23.4 Å². The summed E-state index contributed by atoms with van der Waals surface area (Å²) >= 11 is 7.13. The molecule has 0 aromatic heterocycles. The smallest absolute Gasteiger partial charge is 0.325 e. The normalized spacial score (nSPS) is 13.9. The maximum atomic E-state index is 12.7. The molecular formula is C18H17ClN2O5S2. The third kappa shape index (κ3) is 4.67. The van der Waals surface area contributed by atoms with Crippen LogP contribution in [0.4, 0.5) is 5.69 Å². The van der Waals surface area contributed by atoms with E-state index in [0.29, 0.717) is 10.7 Å². The van der Waals surface area contributed by atoms with E-state index in [1.807, 2.05) is 0 Å². The lowest BCUT2D eigenvalue weighted by Gasteiger charge is -2.28. The van der Waals surface area contributed by atoms with E-state index >= 15 is 0 Å². The van der Waals surface area contributed by atoms with Gasteiger partial charge in [0.15, 0.2) is 0 Å². The summed E-state index contributed by atoms with van der Waals surface area (Å²) in [5, 5.41) is 0.564. The molecule has 1 heterocycles. The second-order valence-corrected chi connectivity index (χ2v) is 9.15. The van der Waals surface area contributed by atoms with E-state index in [-0.39, 0.29) is 29.6 Å². The van der Waals surface area contributed by atoms with Crippen LogP contribution < -0.4 is 9.62 Å². The van der Waals surface area contributed by atoms with E-state index in [9.17, 15) is 18.0 Å². The van der Waals surface area contributed by atoms with Gasteiger partial charge in [-0.3, -0.25) is 14.5 Å². The molecule has 2 aromatic carbocycles. The van der Waals surface area contributed by atoms with Crippen molar-refractivity contribution in [2.45, 2.75) is 16.3 Å². The largest absolute Gasteiger partial charge is 0.468 e. The van der Waals surface area contributed by atoms with Gasteiger partial charge in [0.2, 0.25) is 15.9 Å². The molecule has 1 N–H and O–H groups in total. The number of esters is 1. The van der Waals surface area contributed by atoms with E-state index < -0.39 is 16.0 Å². The number of amides is 1. The first-order chi connectivity index (χ1) is 13.3. The van der Waals surface area contributed by atoms with Gasteiger partial charge in [-0.25, -0.2) is 13.1 Å². The van der Waals surface area contributed by atoms with Gasteiger partial charge >= 0.3 is 5.97 Å². The topological polar surface area (TPSA) is 92.8 Å². The maximum Gasteiger partial charge on any atom is 0.325 e. The Kier molecular flexibility index (Phi) is 6.29. The summed E-state index contributed by atoms with van der Waals surface area (Å²) < 4.78 is 32.5. The minimum atomic E-state index is -3.82. The molecule has 3 rings (SSSR count). The van der Waals surface area contributed by atoms with Crippen molar-refractivity contribution in [3.05, 3.63) is 53.1 Å². The molecule has 1 aliphatic heterocycles. The van der Waals surface area contributed by atoms with Crippen molar-refractivity contribution in [3.63, 3.8) is 0 Å². The average Bonchev–Trinajstić information content (AvgIpc) is 2.69. The fourth-order valence-electron chi connectivity index (χ4n) is 2.58. The Morgan fingerprint density at radius 3 is 2.64 bits per heavy atom. The van der Waals surface area contributed by atoms with Crippen molar-refractivity contribution in [2.24, 2.45) is 0 Å². The van der Waals surface area contributed by atoms with Crippen LogP contribution in [0, 0.1) is 0 Å². The molecule has 1 aliphatic rings. The summed E-state index contributed by atoms with van der Waals surface area (Å²) in [5.74, 6) is -0.697. The van der Waals surface area contributed by atoms with Crippen molar-refractivity contribution in [1.82, 2.24) is 4.72 Å². The van der Waals surface area contributed by atoms with Crippen LogP contribution in [-0.2, 0) is 30.9 Å². The second kappa shape index (κ2) is 8.52. The van der Waals surface area contributed by atoms with Crippen LogP contribution >= 0.6 is 23.4 Å². The molecule has 28 heavy (non-hydrogen) atoms. The zero-order chi connectivity index (χ0) is 20.3. The van der Waals surface area contributed by atoms with Gasteiger partial charge in [-0.1, -0.05) is 23.7 Å². The number of carbonyl (C=O) groups excluding carboxylic acids is 2. The predicted molar refractivity (Wildman–Crippen MR) is 107 cm³/mol. The highest BCUT2D eigenvalue weighted by atomic mass is 35.5. The number of benzene rings is 2. The number of anilines is 1. The molecule has 0 saturated heterocycles. The highest BCUT2D eigenvalue weighted by molar-refractivity contribution is 8.00. The summed E-state index contributed by atoms with van der Waals surface area (Å²) in [6.45, 7) is -0.180. The summed E-state index contributed by atoms with van der Waals surface area (Å²) in [7, 11) is -2.59. The number of methoxy groups -OCH3 is 1. The van der Waals surface area contributed by atoms with Crippen molar-refractivity contribution in [3.8, 4) is 0 Å². The standard InChI is InChI=1S/C18H17ClN2O5S2/c1-26-18(23)10-21-15-8-14(6-7-16(15)27-11-17(21)22)28(24,25)20-9-12-2-4-13(19)5-3-12/h2-8,20H,9-11H2,1H3. The van der Waals surface area contributed by atoms with Crippen LogP contribution in [0.25, 0.3) is 0 Å². The monoisotopic (exact) mass is 440 g/mol. The van der Waals surface area contributed by atoms with Gasteiger partial charge in [0.1, 0.15) is 6.54 Å². The van der Waals surface area contributed by atoms with Crippen LogP contribution in [-0.4, -0.2) is 39.7 Å². The first-order valence-electron chi connectivity index (χ1n) is 8.18. The first kappa shape index (κ1) is 20.7. The number of rotatable bonds is 6. The van der Waals surface area contributed by atoms with Gasteiger partial charge in [0, 0.05) is 16.5 Å². The second-order valence-electron chi connectivity index (χ2n) is 5.93. The Hall–Kier alpha value is -2.07. The molecule has 10 heteroatoms. The number of hydrogen-bond donors (Lipinski definition) is 1.